The van der Waals surface area contributed by atoms with Crippen molar-refractivity contribution in [3.8, 4) is 0 Å². The topological polar surface area (TPSA) is 66.8 Å². The third kappa shape index (κ3) is 45.3. The maximum Gasteiger partial charge on any atom is 0.302 e. The van der Waals surface area contributed by atoms with Crippen LogP contribution in [-0.2, 0) is 9.53 Å². The Balaban J connectivity index is -0.000000190. The molecular formula is C14H32O4. The molecule has 4 heteroatoms. The molecule has 0 spiro atoms. The van der Waals surface area contributed by atoms with Gasteiger partial charge in [-0.05, 0) is 19.8 Å². The summed E-state index contributed by atoms with van der Waals surface area (Å²) >= 11 is 0. The van der Waals surface area contributed by atoms with Crippen LogP contribution in [0.3, 0.4) is 0 Å². The number of carbonyl (C=O) groups excluding carboxylic acids is 1. The predicted molar refractivity (Wildman–Crippen MR) is 75.5 cm³/mol. The average molecular weight is 264 g/mol. The van der Waals surface area contributed by atoms with Crippen LogP contribution in [-0.4, -0.2) is 36.0 Å². The van der Waals surface area contributed by atoms with Crippen molar-refractivity contribution in [2.75, 3.05) is 19.8 Å². The zero-order valence-corrected chi connectivity index (χ0v) is 12.6. The molecule has 112 valence electrons. The van der Waals surface area contributed by atoms with E-state index in [0.717, 1.165) is 19.3 Å². The highest BCUT2D eigenvalue weighted by Gasteiger charge is 1.82. The molecule has 2 N–H and O–H groups in total. The van der Waals surface area contributed by atoms with Crippen molar-refractivity contribution in [3.63, 3.8) is 0 Å². The number of unbranched alkanes of at least 4 members (excludes halogenated alkanes) is 4. The molecule has 0 aromatic heterocycles. The molecule has 0 aromatic rings. The first kappa shape index (κ1) is 22.6. The lowest BCUT2D eigenvalue weighted by molar-refractivity contribution is -0.140. The minimum absolute atomic E-state index is 0.211. The molecule has 0 aliphatic rings. The number of ether oxygens (including phenoxy) is 1. The lowest BCUT2D eigenvalue weighted by Crippen LogP contribution is -1.95. The van der Waals surface area contributed by atoms with Crippen LogP contribution in [0.15, 0.2) is 0 Å². The summed E-state index contributed by atoms with van der Waals surface area (Å²) in [5.41, 5.74) is 0. The number of esters is 1. The van der Waals surface area contributed by atoms with Gasteiger partial charge in [0.15, 0.2) is 0 Å². The van der Waals surface area contributed by atoms with Gasteiger partial charge >= 0.3 is 5.97 Å². The molecule has 0 aliphatic carbocycles. The number of rotatable bonds is 7. The average Bonchev–Trinajstić information content (AvgIpc) is 2.32. The maximum absolute atomic E-state index is 9.82. The minimum atomic E-state index is -0.211. The smallest absolute Gasteiger partial charge is 0.302 e. The Morgan fingerprint density at radius 1 is 0.889 bits per heavy atom. The first-order valence-electron chi connectivity index (χ1n) is 6.95. The van der Waals surface area contributed by atoms with Crippen molar-refractivity contribution in [2.45, 2.75) is 66.2 Å². The number of hydrogen-bond donors (Lipinski definition) is 2. The monoisotopic (exact) mass is 264 g/mol. The Hall–Kier alpha value is -0.610. The van der Waals surface area contributed by atoms with E-state index in [0.29, 0.717) is 19.8 Å². The van der Waals surface area contributed by atoms with E-state index in [1.807, 2.05) is 0 Å². The Kier molecular flexibility index (Phi) is 31.7. The summed E-state index contributed by atoms with van der Waals surface area (Å²) in [6, 6.07) is 0. The molecule has 0 saturated heterocycles. The minimum Gasteiger partial charge on any atom is -0.466 e. The molecule has 0 atom stereocenters. The van der Waals surface area contributed by atoms with Crippen LogP contribution in [0.25, 0.3) is 0 Å². The van der Waals surface area contributed by atoms with E-state index in [9.17, 15) is 4.79 Å². The number of aliphatic hydroxyl groups is 2. The Bertz CT molecular complexity index is 132. The highest BCUT2D eigenvalue weighted by Crippen LogP contribution is 1.96. The van der Waals surface area contributed by atoms with Crippen LogP contribution in [0.4, 0.5) is 0 Å². The maximum atomic E-state index is 9.82. The largest absolute Gasteiger partial charge is 0.466 e. The van der Waals surface area contributed by atoms with Gasteiger partial charge in [0.1, 0.15) is 0 Å². The van der Waals surface area contributed by atoms with Crippen LogP contribution < -0.4 is 0 Å². The molecule has 0 aliphatic heterocycles. The Morgan fingerprint density at radius 3 is 1.56 bits per heavy atom. The van der Waals surface area contributed by atoms with Crippen LogP contribution >= 0.6 is 0 Å². The Labute approximate surface area is 112 Å². The highest BCUT2D eigenvalue weighted by atomic mass is 16.5. The molecular weight excluding hydrogens is 232 g/mol. The molecule has 18 heavy (non-hydrogen) atoms. The molecule has 0 rings (SSSR count). The standard InChI is InChI=1S/C6H14O.C4H8O2.C4H10O/c1-2-3-4-5-6-7;1-3-6-4(2)5;1-2-3-4-5/h7H,2-6H2,1H3;3H2,1-2H3;5H,2-4H2,1H3. The van der Waals surface area contributed by atoms with Gasteiger partial charge in [-0.15, -0.1) is 0 Å². The second-order valence-electron chi connectivity index (χ2n) is 3.79. The van der Waals surface area contributed by atoms with Gasteiger partial charge < -0.3 is 14.9 Å². The van der Waals surface area contributed by atoms with Crippen molar-refractivity contribution < 1.29 is 19.7 Å². The summed E-state index contributed by atoms with van der Waals surface area (Å²) in [4.78, 5) is 9.82. The van der Waals surface area contributed by atoms with E-state index in [1.54, 1.807) is 6.92 Å². The van der Waals surface area contributed by atoms with E-state index in [-0.39, 0.29) is 5.97 Å². The molecule has 0 heterocycles. The SMILES string of the molecule is CCCCCCO.CCCCO.CCOC(C)=O. The fourth-order valence-electron chi connectivity index (χ4n) is 0.900. The third-order valence-corrected chi connectivity index (χ3v) is 1.87. The van der Waals surface area contributed by atoms with Crippen molar-refractivity contribution >= 4 is 5.97 Å². The highest BCUT2D eigenvalue weighted by molar-refractivity contribution is 5.65. The van der Waals surface area contributed by atoms with Crippen LogP contribution in [0, 0.1) is 0 Å². The fourth-order valence-corrected chi connectivity index (χ4v) is 0.900. The summed E-state index contributed by atoms with van der Waals surface area (Å²) in [6.07, 6.45) is 6.72. The summed E-state index contributed by atoms with van der Waals surface area (Å²) in [7, 11) is 0. The normalized spacial score (nSPS) is 8.56. The van der Waals surface area contributed by atoms with E-state index in [2.05, 4.69) is 18.6 Å². The van der Waals surface area contributed by atoms with E-state index >= 15 is 0 Å². The number of aliphatic hydroxyl groups excluding tert-OH is 2. The summed E-state index contributed by atoms with van der Waals surface area (Å²) in [5.74, 6) is -0.211. The third-order valence-electron chi connectivity index (χ3n) is 1.87. The second kappa shape index (κ2) is 25.3. The first-order chi connectivity index (χ1) is 8.60. The molecule has 0 radical (unpaired) electrons. The van der Waals surface area contributed by atoms with Gasteiger partial charge in [-0.3, -0.25) is 4.79 Å². The van der Waals surface area contributed by atoms with E-state index in [4.69, 9.17) is 10.2 Å². The van der Waals surface area contributed by atoms with Crippen molar-refractivity contribution in [3.05, 3.63) is 0 Å². The van der Waals surface area contributed by atoms with Crippen molar-refractivity contribution in [1.82, 2.24) is 0 Å². The van der Waals surface area contributed by atoms with Gasteiger partial charge in [0.05, 0.1) is 6.61 Å². The van der Waals surface area contributed by atoms with Gasteiger partial charge in [0.2, 0.25) is 0 Å². The zero-order valence-electron chi connectivity index (χ0n) is 12.6. The Morgan fingerprint density at radius 2 is 1.39 bits per heavy atom. The van der Waals surface area contributed by atoms with E-state index in [1.165, 1.54) is 26.2 Å². The first-order valence-corrected chi connectivity index (χ1v) is 6.95. The zero-order chi connectivity index (χ0) is 14.6. The lowest BCUT2D eigenvalue weighted by atomic mass is 10.2. The lowest BCUT2D eigenvalue weighted by Gasteiger charge is -1.90. The van der Waals surface area contributed by atoms with Crippen molar-refractivity contribution in [2.24, 2.45) is 0 Å². The summed E-state index contributed by atoms with van der Waals surface area (Å²) < 4.78 is 4.40. The summed E-state index contributed by atoms with van der Waals surface area (Å²) in [6.45, 7) is 8.57. The molecule has 0 unspecified atom stereocenters. The molecule has 4 nitrogen and oxygen atoms in total. The van der Waals surface area contributed by atoms with Gasteiger partial charge in [-0.25, -0.2) is 0 Å². The van der Waals surface area contributed by atoms with Crippen LogP contribution in [0.2, 0.25) is 0 Å². The van der Waals surface area contributed by atoms with Crippen LogP contribution in [0.5, 0.6) is 0 Å². The van der Waals surface area contributed by atoms with Gasteiger partial charge in [-0.1, -0.05) is 39.5 Å². The molecule has 0 saturated carbocycles. The molecule has 0 aromatic carbocycles. The van der Waals surface area contributed by atoms with Crippen molar-refractivity contribution in [1.29, 1.82) is 0 Å². The van der Waals surface area contributed by atoms with Gasteiger partial charge in [-0.2, -0.15) is 0 Å². The van der Waals surface area contributed by atoms with Crippen LogP contribution in [0.1, 0.15) is 66.2 Å². The molecule has 0 bridgehead atoms. The van der Waals surface area contributed by atoms with Gasteiger partial charge in [0.25, 0.3) is 0 Å². The number of hydrogen-bond acceptors (Lipinski definition) is 4. The second-order valence-corrected chi connectivity index (χ2v) is 3.79. The summed E-state index contributed by atoms with van der Waals surface area (Å²) in [5, 5.41) is 16.4. The number of carbonyl (C=O) groups is 1. The molecule has 0 fully saturated rings. The van der Waals surface area contributed by atoms with E-state index < -0.39 is 0 Å². The van der Waals surface area contributed by atoms with Gasteiger partial charge in [0, 0.05) is 20.1 Å². The quantitative estimate of drug-likeness (QED) is 0.548. The predicted octanol–water partition coefficient (Wildman–Crippen LogP) is 2.91. The fraction of sp³-hybridized carbons (Fsp3) is 0.929. The molecule has 0 amide bonds.